The lowest BCUT2D eigenvalue weighted by Gasteiger charge is -2.38. The molecule has 0 unspecified atom stereocenters. The molecule has 1 atom stereocenters. The van der Waals surface area contributed by atoms with E-state index in [0.29, 0.717) is 11.5 Å². The van der Waals surface area contributed by atoms with Gasteiger partial charge in [-0.3, -0.25) is 14.9 Å². The highest BCUT2D eigenvalue weighted by molar-refractivity contribution is 7.09. The molecule has 0 amide bonds. The van der Waals surface area contributed by atoms with E-state index in [0.717, 1.165) is 49.8 Å². The smallest absolute Gasteiger partial charge is 0.0897 e. The zero-order valence-corrected chi connectivity index (χ0v) is 15.0. The minimum atomic E-state index is 0.300. The summed E-state index contributed by atoms with van der Waals surface area (Å²) >= 11 is 1.74. The second kappa shape index (κ2) is 6.86. The summed E-state index contributed by atoms with van der Waals surface area (Å²) in [4.78, 5) is 15.7. The third-order valence-electron chi connectivity index (χ3n) is 5.31. The van der Waals surface area contributed by atoms with Crippen LogP contribution in [0.15, 0.2) is 24.0 Å². The van der Waals surface area contributed by atoms with E-state index in [9.17, 15) is 0 Å². The van der Waals surface area contributed by atoms with Crippen LogP contribution in [0.2, 0.25) is 0 Å². The van der Waals surface area contributed by atoms with Crippen LogP contribution in [0.5, 0.6) is 0 Å². The fourth-order valence-electron chi connectivity index (χ4n) is 3.94. The Kier molecular flexibility index (Phi) is 4.61. The lowest BCUT2D eigenvalue weighted by atomic mass is 9.76. The Labute approximate surface area is 147 Å². The number of rotatable bonds is 4. The molecule has 5 nitrogen and oxygen atoms in total. The minimum Gasteiger partial charge on any atom is -0.377 e. The molecule has 0 bridgehead atoms. The van der Waals surface area contributed by atoms with Gasteiger partial charge in [0.1, 0.15) is 0 Å². The van der Waals surface area contributed by atoms with Crippen LogP contribution in [-0.4, -0.2) is 45.7 Å². The lowest BCUT2D eigenvalue weighted by Crippen LogP contribution is -2.40. The van der Waals surface area contributed by atoms with E-state index in [-0.39, 0.29) is 0 Å². The molecule has 6 heteroatoms. The molecular weight excluding hydrogens is 320 g/mol. The first-order chi connectivity index (χ1) is 11.7. The second-order valence-corrected chi connectivity index (χ2v) is 8.23. The number of piperidine rings is 1. The van der Waals surface area contributed by atoms with E-state index in [2.05, 4.69) is 32.2 Å². The van der Waals surface area contributed by atoms with Gasteiger partial charge in [-0.2, -0.15) is 0 Å². The molecule has 0 aliphatic carbocycles. The Hall–Kier alpha value is -1.37. The molecular formula is C18H24N4OS. The summed E-state index contributed by atoms with van der Waals surface area (Å²) in [5, 5.41) is 3.35. The normalized spacial score (nSPS) is 23.8. The lowest BCUT2D eigenvalue weighted by molar-refractivity contribution is 0.0626. The quantitative estimate of drug-likeness (QED) is 0.854. The van der Waals surface area contributed by atoms with Gasteiger partial charge in [0.25, 0.3) is 0 Å². The molecule has 2 aromatic heterocycles. The van der Waals surface area contributed by atoms with Crippen LogP contribution in [0, 0.1) is 12.3 Å². The highest BCUT2D eigenvalue weighted by Crippen LogP contribution is 2.42. The highest BCUT2D eigenvalue weighted by Gasteiger charge is 2.42. The molecule has 24 heavy (non-hydrogen) atoms. The Morgan fingerprint density at radius 1 is 1.29 bits per heavy atom. The second-order valence-electron chi connectivity index (χ2n) is 7.17. The number of hydrogen-bond donors (Lipinski definition) is 0. The van der Waals surface area contributed by atoms with Crippen molar-refractivity contribution in [1.29, 1.82) is 0 Å². The molecule has 2 aromatic rings. The van der Waals surface area contributed by atoms with E-state index in [1.807, 2.05) is 6.20 Å². The molecule has 0 aromatic carbocycles. The first-order valence-corrected chi connectivity index (χ1v) is 9.59. The molecule has 1 spiro atoms. The van der Waals surface area contributed by atoms with E-state index in [1.54, 1.807) is 23.7 Å². The number of ether oxygens (including phenoxy) is 1. The van der Waals surface area contributed by atoms with Crippen molar-refractivity contribution in [1.82, 2.24) is 19.9 Å². The first-order valence-electron chi connectivity index (χ1n) is 8.71. The monoisotopic (exact) mass is 344 g/mol. The van der Waals surface area contributed by atoms with Gasteiger partial charge in [0.05, 0.1) is 29.1 Å². The highest BCUT2D eigenvalue weighted by atomic mass is 32.1. The maximum absolute atomic E-state index is 6.11. The van der Waals surface area contributed by atoms with E-state index >= 15 is 0 Å². The topological polar surface area (TPSA) is 51.1 Å². The molecule has 128 valence electrons. The van der Waals surface area contributed by atoms with Crippen molar-refractivity contribution in [2.75, 3.05) is 19.7 Å². The van der Waals surface area contributed by atoms with Gasteiger partial charge in [-0.1, -0.05) is 0 Å². The van der Waals surface area contributed by atoms with Crippen LogP contribution >= 0.6 is 11.3 Å². The standard InChI is InChI=1S/C18H24N4OS/c1-14-21-16(12-24-14)11-22-6-2-18(3-7-22)9-17(23-13-18)8-15-10-19-4-5-20-15/h4-5,10,12,17H,2-3,6-9,11,13H2,1H3/t17-/m1/s1. The number of aryl methyl sites for hydroxylation is 1. The summed E-state index contributed by atoms with van der Waals surface area (Å²) < 4.78 is 6.11. The Balaban J connectivity index is 1.29. The third kappa shape index (κ3) is 3.66. The van der Waals surface area contributed by atoms with Gasteiger partial charge in [-0.15, -0.1) is 11.3 Å². The van der Waals surface area contributed by atoms with Crippen LogP contribution in [-0.2, 0) is 17.7 Å². The molecule has 0 saturated carbocycles. The van der Waals surface area contributed by atoms with Crippen molar-refractivity contribution >= 4 is 11.3 Å². The van der Waals surface area contributed by atoms with Gasteiger partial charge >= 0.3 is 0 Å². The molecule has 2 saturated heterocycles. The van der Waals surface area contributed by atoms with Crippen molar-refractivity contribution in [2.45, 2.75) is 45.3 Å². The molecule has 2 aliphatic heterocycles. The van der Waals surface area contributed by atoms with Crippen LogP contribution < -0.4 is 0 Å². The van der Waals surface area contributed by atoms with Crippen molar-refractivity contribution in [3.05, 3.63) is 40.4 Å². The van der Waals surface area contributed by atoms with E-state index < -0.39 is 0 Å². The molecule has 4 heterocycles. The number of nitrogens with zero attached hydrogens (tertiary/aromatic N) is 4. The largest absolute Gasteiger partial charge is 0.377 e. The van der Waals surface area contributed by atoms with Crippen LogP contribution in [0.25, 0.3) is 0 Å². The zero-order chi connectivity index (χ0) is 16.4. The summed E-state index contributed by atoms with van der Waals surface area (Å²) in [6, 6.07) is 0. The van der Waals surface area contributed by atoms with Gasteiger partial charge < -0.3 is 4.74 Å². The summed E-state index contributed by atoms with van der Waals surface area (Å²) in [6.45, 7) is 6.27. The SMILES string of the molecule is Cc1nc(CN2CCC3(CC2)CO[C@H](Cc2cnccn2)C3)cs1. The van der Waals surface area contributed by atoms with Gasteiger partial charge in [0.15, 0.2) is 0 Å². The molecule has 0 N–H and O–H groups in total. The van der Waals surface area contributed by atoms with Crippen molar-refractivity contribution < 1.29 is 4.74 Å². The fraction of sp³-hybridized carbons (Fsp3) is 0.611. The minimum absolute atomic E-state index is 0.300. The summed E-state index contributed by atoms with van der Waals surface area (Å²) in [6.07, 6.45) is 10.1. The van der Waals surface area contributed by atoms with Crippen molar-refractivity contribution in [2.24, 2.45) is 5.41 Å². The first kappa shape index (κ1) is 16.1. The number of thiazole rings is 1. The summed E-state index contributed by atoms with van der Waals surface area (Å²) in [5.41, 5.74) is 2.63. The fourth-order valence-corrected chi connectivity index (χ4v) is 4.54. The third-order valence-corrected chi connectivity index (χ3v) is 6.13. The summed E-state index contributed by atoms with van der Waals surface area (Å²) in [7, 11) is 0. The Morgan fingerprint density at radius 3 is 2.88 bits per heavy atom. The number of likely N-dealkylation sites (tertiary alicyclic amines) is 1. The average molecular weight is 344 g/mol. The molecule has 4 rings (SSSR count). The maximum atomic E-state index is 6.11. The summed E-state index contributed by atoms with van der Waals surface area (Å²) in [5.74, 6) is 0. The van der Waals surface area contributed by atoms with Crippen LogP contribution in [0.4, 0.5) is 0 Å². The van der Waals surface area contributed by atoms with Crippen molar-refractivity contribution in [3.8, 4) is 0 Å². The van der Waals surface area contributed by atoms with E-state index in [4.69, 9.17) is 4.74 Å². The van der Waals surface area contributed by atoms with Crippen LogP contribution in [0.1, 0.15) is 35.7 Å². The van der Waals surface area contributed by atoms with Gasteiger partial charge in [-0.05, 0) is 44.7 Å². The Morgan fingerprint density at radius 2 is 2.17 bits per heavy atom. The van der Waals surface area contributed by atoms with Gasteiger partial charge in [0.2, 0.25) is 0 Å². The predicted molar refractivity (Wildman–Crippen MR) is 93.9 cm³/mol. The van der Waals surface area contributed by atoms with Crippen molar-refractivity contribution in [3.63, 3.8) is 0 Å². The van der Waals surface area contributed by atoms with Crippen LogP contribution in [0.3, 0.4) is 0 Å². The van der Waals surface area contributed by atoms with Gasteiger partial charge in [0, 0.05) is 36.9 Å². The molecule has 2 fully saturated rings. The molecule has 2 aliphatic rings. The Bertz CT molecular complexity index is 667. The maximum Gasteiger partial charge on any atom is 0.0897 e. The zero-order valence-electron chi connectivity index (χ0n) is 14.1. The number of aromatic nitrogens is 3. The molecule has 0 radical (unpaired) electrons. The average Bonchev–Trinajstić information content (AvgIpc) is 3.18. The van der Waals surface area contributed by atoms with E-state index in [1.165, 1.54) is 18.5 Å². The number of hydrogen-bond acceptors (Lipinski definition) is 6. The van der Waals surface area contributed by atoms with Gasteiger partial charge in [-0.25, -0.2) is 4.98 Å². The predicted octanol–water partition coefficient (Wildman–Crippen LogP) is 2.86.